The van der Waals surface area contributed by atoms with Crippen LogP contribution in [0, 0.1) is 6.92 Å². The fourth-order valence-electron chi connectivity index (χ4n) is 3.33. The molecular weight excluding hydrogens is 538 g/mol. The highest BCUT2D eigenvalue weighted by molar-refractivity contribution is 9.10. The predicted molar refractivity (Wildman–Crippen MR) is 139 cm³/mol. The summed E-state index contributed by atoms with van der Waals surface area (Å²) in [4.78, 5) is 27.0. The summed E-state index contributed by atoms with van der Waals surface area (Å²) >= 11 is 10.6. The molecule has 2 amide bonds. The van der Waals surface area contributed by atoms with Crippen molar-refractivity contribution in [1.29, 1.82) is 0 Å². The van der Waals surface area contributed by atoms with E-state index >= 15 is 0 Å². The molecule has 34 heavy (non-hydrogen) atoms. The first-order valence-corrected chi connectivity index (χ1v) is 12.5. The molecule has 0 unspecified atom stereocenters. The summed E-state index contributed by atoms with van der Waals surface area (Å²) in [6, 6.07) is 20.6. The van der Waals surface area contributed by atoms with E-state index in [1.54, 1.807) is 12.1 Å². The minimum atomic E-state index is -0.347. The molecular formula is C26H21BrClNO4S. The molecule has 0 aliphatic carbocycles. The Hall–Kier alpha value is -2.74. The van der Waals surface area contributed by atoms with Crippen LogP contribution < -0.4 is 9.47 Å². The van der Waals surface area contributed by atoms with Crippen LogP contribution in [0.4, 0.5) is 4.79 Å². The maximum Gasteiger partial charge on any atom is 0.293 e. The van der Waals surface area contributed by atoms with Crippen molar-refractivity contribution in [3.05, 3.63) is 97.8 Å². The fraction of sp³-hybridized carbons (Fsp3) is 0.154. The van der Waals surface area contributed by atoms with Crippen molar-refractivity contribution in [2.75, 3.05) is 13.2 Å². The SMILES string of the molecule is Cc1cccc(OCCN2C(=O)S/C(=C\c3cc(Br)ccc3OCc3ccccc3Cl)C2=O)c1. The molecule has 1 fully saturated rings. The second kappa shape index (κ2) is 11.1. The molecule has 1 saturated heterocycles. The first-order chi connectivity index (χ1) is 16.4. The number of amides is 2. The van der Waals surface area contributed by atoms with E-state index in [0.717, 1.165) is 27.4 Å². The largest absolute Gasteiger partial charge is 0.492 e. The van der Waals surface area contributed by atoms with Crippen LogP contribution >= 0.6 is 39.3 Å². The maximum absolute atomic E-state index is 12.9. The number of aryl methyl sites for hydroxylation is 1. The van der Waals surface area contributed by atoms with Gasteiger partial charge < -0.3 is 9.47 Å². The molecule has 0 saturated carbocycles. The van der Waals surface area contributed by atoms with Gasteiger partial charge in [-0.15, -0.1) is 0 Å². The van der Waals surface area contributed by atoms with Gasteiger partial charge >= 0.3 is 0 Å². The first-order valence-electron chi connectivity index (χ1n) is 10.5. The van der Waals surface area contributed by atoms with E-state index in [4.69, 9.17) is 21.1 Å². The van der Waals surface area contributed by atoms with Crippen LogP contribution in [0.25, 0.3) is 6.08 Å². The van der Waals surface area contributed by atoms with Gasteiger partial charge in [-0.25, -0.2) is 0 Å². The Morgan fingerprint density at radius 3 is 2.65 bits per heavy atom. The monoisotopic (exact) mass is 557 g/mol. The van der Waals surface area contributed by atoms with Gasteiger partial charge in [0.2, 0.25) is 0 Å². The average Bonchev–Trinajstić information content (AvgIpc) is 3.07. The number of thioether (sulfide) groups is 1. The lowest BCUT2D eigenvalue weighted by Crippen LogP contribution is -2.32. The van der Waals surface area contributed by atoms with Crippen LogP contribution in [-0.2, 0) is 11.4 Å². The van der Waals surface area contributed by atoms with Gasteiger partial charge in [0.25, 0.3) is 11.1 Å². The Morgan fingerprint density at radius 1 is 1.03 bits per heavy atom. The Balaban J connectivity index is 1.45. The van der Waals surface area contributed by atoms with Crippen LogP contribution in [-0.4, -0.2) is 29.2 Å². The van der Waals surface area contributed by atoms with Gasteiger partial charge in [0.15, 0.2) is 0 Å². The summed E-state index contributed by atoms with van der Waals surface area (Å²) in [6.45, 7) is 2.64. The highest BCUT2D eigenvalue weighted by atomic mass is 79.9. The van der Waals surface area contributed by atoms with E-state index in [-0.39, 0.29) is 30.9 Å². The first kappa shape index (κ1) is 24.4. The number of imide groups is 1. The Kier molecular flexibility index (Phi) is 7.98. The minimum absolute atomic E-state index is 0.171. The fourth-order valence-corrected chi connectivity index (χ4v) is 4.75. The van der Waals surface area contributed by atoms with Gasteiger partial charge in [-0.1, -0.05) is 57.9 Å². The summed E-state index contributed by atoms with van der Waals surface area (Å²) in [6.07, 6.45) is 1.68. The van der Waals surface area contributed by atoms with E-state index in [9.17, 15) is 9.59 Å². The van der Waals surface area contributed by atoms with Gasteiger partial charge in [-0.3, -0.25) is 14.5 Å². The third-order valence-corrected chi connectivity index (χ3v) is 6.82. The normalized spacial score (nSPS) is 14.7. The van der Waals surface area contributed by atoms with Crippen LogP contribution in [0.1, 0.15) is 16.7 Å². The highest BCUT2D eigenvalue weighted by Gasteiger charge is 2.35. The van der Waals surface area contributed by atoms with Gasteiger partial charge in [0, 0.05) is 20.6 Å². The van der Waals surface area contributed by atoms with Gasteiger partial charge in [-0.2, -0.15) is 0 Å². The Labute approximate surface area is 215 Å². The van der Waals surface area contributed by atoms with Crippen molar-refractivity contribution in [2.24, 2.45) is 0 Å². The van der Waals surface area contributed by atoms with Crippen molar-refractivity contribution in [1.82, 2.24) is 4.90 Å². The number of halogens is 2. The zero-order valence-corrected chi connectivity index (χ0v) is 21.5. The molecule has 1 heterocycles. The third-order valence-electron chi connectivity index (χ3n) is 5.05. The number of rotatable bonds is 8. The number of carbonyl (C=O) groups is 2. The summed E-state index contributed by atoms with van der Waals surface area (Å²) < 4.78 is 12.5. The van der Waals surface area contributed by atoms with Crippen LogP contribution in [0.2, 0.25) is 5.02 Å². The van der Waals surface area contributed by atoms with Crippen molar-refractivity contribution in [3.63, 3.8) is 0 Å². The number of ether oxygens (including phenoxy) is 2. The molecule has 174 valence electrons. The molecule has 8 heteroatoms. The van der Waals surface area contributed by atoms with E-state index in [1.165, 1.54) is 4.90 Å². The molecule has 1 aliphatic heterocycles. The summed E-state index contributed by atoms with van der Waals surface area (Å²) in [5, 5.41) is 0.299. The average molecular weight is 559 g/mol. The number of hydrogen-bond donors (Lipinski definition) is 0. The van der Waals surface area contributed by atoms with Crippen LogP contribution in [0.15, 0.2) is 76.1 Å². The number of hydrogen-bond acceptors (Lipinski definition) is 5. The molecule has 0 N–H and O–H groups in total. The quantitative estimate of drug-likeness (QED) is 0.276. The Bertz CT molecular complexity index is 1260. The van der Waals surface area contributed by atoms with E-state index < -0.39 is 0 Å². The lowest BCUT2D eigenvalue weighted by atomic mass is 10.1. The number of carbonyl (C=O) groups excluding carboxylic acids is 2. The zero-order chi connectivity index (χ0) is 24.1. The van der Waals surface area contributed by atoms with Crippen molar-refractivity contribution in [2.45, 2.75) is 13.5 Å². The third kappa shape index (κ3) is 6.03. The standard InChI is InChI=1S/C26H21BrClNO4S/c1-17-5-4-7-21(13-17)32-12-11-29-25(30)24(34-26(29)31)15-19-14-20(27)9-10-23(19)33-16-18-6-2-3-8-22(18)28/h2-10,13-15H,11-12,16H2,1H3/b24-15-. The summed E-state index contributed by atoms with van der Waals surface area (Å²) in [5.41, 5.74) is 2.61. The lowest BCUT2D eigenvalue weighted by Gasteiger charge is -2.13. The molecule has 0 spiro atoms. The molecule has 0 radical (unpaired) electrons. The summed E-state index contributed by atoms with van der Waals surface area (Å²) in [5.74, 6) is 0.939. The highest BCUT2D eigenvalue weighted by Crippen LogP contribution is 2.35. The molecule has 3 aromatic rings. The van der Waals surface area contributed by atoms with Gasteiger partial charge in [-0.05, 0) is 66.7 Å². The maximum atomic E-state index is 12.9. The van der Waals surface area contributed by atoms with Gasteiger partial charge in [0.1, 0.15) is 24.7 Å². The number of nitrogens with zero attached hydrogens (tertiary/aromatic N) is 1. The smallest absolute Gasteiger partial charge is 0.293 e. The van der Waals surface area contributed by atoms with E-state index in [1.807, 2.05) is 67.6 Å². The number of benzene rings is 3. The molecule has 0 aromatic heterocycles. The zero-order valence-electron chi connectivity index (χ0n) is 18.3. The van der Waals surface area contributed by atoms with Gasteiger partial charge in [0.05, 0.1) is 11.4 Å². The second-order valence-electron chi connectivity index (χ2n) is 7.56. The Morgan fingerprint density at radius 2 is 1.85 bits per heavy atom. The molecule has 5 nitrogen and oxygen atoms in total. The molecule has 0 atom stereocenters. The van der Waals surface area contributed by atoms with Crippen molar-refractivity contribution < 1.29 is 19.1 Å². The van der Waals surface area contributed by atoms with Crippen molar-refractivity contribution in [3.8, 4) is 11.5 Å². The minimum Gasteiger partial charge on any atom is -0.492 e. The van der Waals surface area contributed by atoms with Crippen LogP contribution in [0.3, 0.4) is 0 Å². The topological polar surface area (TPSA) is 55.8 Å². The molecule has 3 aromatic carbocycles. The second-order valence-corrected chi connectivity index (χ2v) is 9.88. The van der Waals surface area contributed by atoms with E-state index in [0.29, 0.717) is 27.0 Å². The summed E-state index contributed by atoms with van der Waals surface area (Å²) in [7, 11) is 0. The molecule has 1 aliphatic rings. The molecule has 4 rings (SSSR count). The predicted octanol–water partition coefficient (Wildman–Crippen LogP) is 7.11. The molecule has 0 bridgehead atoms. The van der Waals surface area contributed by atoms with Crippen LogP contribution in [0.5, 0.6) is 11.5 Å². The van der Waals surface area contributed by atoms with E-state index in [2.05, 4.69) is 15.9 Å². The van der Waals surface area contributed by atoms with Crippen molar-refractivity contribution >= 4 is 56.5 Å². The lowest BCUT2D eigenvalue weighted by molar-refractivity contribution is -0.123.